The van der Waals surface area contributed by atoms with E-state index in [1.807, 2.05) is 6.07 Å². The molecule has 1 aliphatic rings. The summed E-state index contributed by atoms with van der Waals surface area (Å²) < 4.78 is 5.14. The number of aliphatic imine (C=N–C) groups is 1. The van der Waals surface area contributed by atoms with Crippen LogP contribution in [0.25, 0.3) is 0 Å². The van der Waals surface area contributed by atoms with Crippen molar-refractivity contribution in [2.45, 2.75) is 26.5 Å². The predicted octanol–water partition coefficient (Wildman–Crippen LogP) is 3.37. The molecule has 98 valence electrons. The van der Waals surface area contributed by atoms with Crippen LogP contribution in [0.1, 0.15) is 19.4 Å². The van der Waals surface area contributed by atoms with Gasteiger partial charge in [-0.25, -0.2) is 0 Å². The number of rotatable bonds is 4. The van der Waals surface area contributed by atoms with Crippen molar-refractivity contribution < 1.29 is 4.74 Å². The fraction of sp³-hybridized carbons (Fsp3) is 0.500. The summed E-state index contributed by atoms with van der Waals surface area (Å²) in [6.07, 6.45) is 0. The van der Waals surface area contributed by atoms with Crippen LogP contribution >= 0.6 is 11.8 Å². The lowest BCUT2D eigenvalue weighted by atomic mass is 10.1. The van der Waals surface area contributed by atoms with Crippen molar-refractivity contribution in [1.82, 2.24) is 0 Å². The summed E-state index contributed by atoms with van der Waals surface area (Å²) in [5.74, 6) is 1.69. The van der Waals surface area contributed by atoms with Gasteiger partial charge in [-0.15, -0.1) is 0 Å². The SMILES string of the molecule is COCc1cccc(NC2=NC(C(C)C)CS2)c1. The molecule has 18 heavy (non-hydrogen) atoms. The van der Waals surface area contributed by atoms with Crippen LogP contribution in [-0.2, 0) is 11.3 Å². The highest BCUT2D eigenvalue weighted by molar-refractivity contribution is 8.14. The van der Waals surface area contributed by atoms with Gasteiger partial charge in [0.1, 0.15) is 0 Å². The van der Waals surface area contributed by atoms with Crippen LogP contribution in [0.15, 0.2) is 29.3 Å². The van der Waals surface area contributed by atoms with Crippen molar-refractivity contribution in [3.05, 3.63) is 29.8 Å². The third-order valence-electron chi connectivity index (χ3n) is 2.93. The third-order valence-corrected chi connectivity index (χ3v) is 3.92. The number of nitrogens with one attached hydrogen (secondary N) is 1. The van der Waals surface area contributed by atoms with Crippen molar-refractivity contribution in [2.24, 2.45) is 10.9 Å². The van der Waals surface area contributed by atoms with Crippen LogP contribution in [0.4, 0.5) is 5.69 Å². The fourth-order valence-electron chi connectivity index (χ4n) is 1.83. The second-order valence-corrected chi connectivity index (χ2v) is 5.82. The van der Waals surface area contributed by atoms with Gasteiger partial charge in [-0.3, -0.25) is 4.99 Å². The van der Waals surface area contributed by atoms with E-state index in [0.29, 0.717) is 18.6 Å². The number of hydrogen-bond acceptors (Lipinski definition) is 4. The molecule has 0 saturated carbocycles. The molecule has 0 saturated heterocycles. The molecule has 0 spiro atoms. The first kappa shape index (κ1) is 13.4. The van der Waals surface area contributed by atoms with E-state index in [-0.39, 0.29) is 0 Å². The number of anilines is 1. The average molecular weight is 264 g/mol. The highest BCUT2D eigenvalue weighted by Gasteiger charge is 2.20. The topological polar surface area (TPSA) is 33.6 Å². The molecule has 1 aliphatic heterocycles. The van der Waals surface area contributed by atoms with Crippen LogP contribution in [0.2, 0.25) is 0 Å². The number of methoxy groups -OCH3 is 1. The van der Waals surface area contributed by atoms with E-state index in [9.17, 15) is 0 Å². The Balaban J connectivity index is 2.01. The van der Waals surface area contributed by atoms with Gasteiger partial charge < -0.3 is 10.1 Å². The summed E-state index contributed by atoms with van der Waals surface area (Å²) in [7, 11) is 1.71. The van der Waals surface area contributed by atoms with Crippen molar-refractivity contribution >= 4 is 22.6 Å². The largest absolute Gasteiger partial charge is 0.380 e. The monoisotopic (exact) mass is 264 g/mol. The first-order valence-corrected chi connectivity index (χ1v) is 7.23. The second-order valence-electron chi connectivity index (χ2n) is 4.82. The molecule has 0 aliphatic carbocycles. The third kappa shape index (κ3) is 3.50. The Bertz CT molecular complexity index is 432. The maximum atomic E-state index is 5.14. The van der Waals surface area contributed by atoms with E-state index < -0.39 is 0 Å². The Kier molecular flexibility index (Phi) is 4.66. The van der Waals surface area contributed by atoms with Crippen LogP contribution in [0.3, 0.4) is 0 Å². The highest BCUT2D eigenvalue weighted by Crippen LogP contribution is 2.24. The van der Waals surface area contributed by atoms with Gasteiger partial charge >= 0.3 is 0 Å². The zero-order valence-electron chi connectivity index (χ0n) is 11.1. The minimum atomic E-state index is 0.444. The summed E-state index contributed by atoms with van der Waals surface area (Å²) in [6, 6.07) is 8.71. The number of benzene rings is 1. The Hall–Kier alpha value is -1.00. The lowest BCUT2D eigenvalue weighted by molar-refractivity contribution is 0.185. The molecule has 0 bridgehead atoms. The van der Waals surface area contributed by atoms with E-state index in [1.165, 1.54) is 5.56 Å². The molecule has 1 aromatic carbocycles. The van der Waals surface area contributed by atoms with Crippen molar-refractivity contribution in [3.63, 3.8) is 0 Å². The van der Waals surface area contributed by atoms with Gasteiger partial charge in [-0.1, -0.05) is 37.7 Å². The maximum Gasteiger partial charge on any atom is 0.161 e. The molecule has 1 N–H and O–H groups in total. The Morgan fingerprint density at radius 1 is 1.50 bits per heavy atom. The van der Waals surface area contributed by atoms with Gasteiger partial charge in [0.25, 0.3) is 0 Å². The van der Waals surface area contributed by atoms with Crippen LogP contribution < -0.4 is 5.32 Å². The van der Waals surface area contributed by atoms with Crippen molar-refractivity contribution in [1.29, 1.82) is 0 Å². The second kappa shape index (κ2) is 6.25. The molecule has 3 nitrogen and oxygen atoms in total. The van der Waals surface area contributed by atoms with E-state index >= 15 is 0 Å². The molecule has 1 heterocycles. The maximum absolute atomic E-state index is 5.14. The zero-order chi connectivity index (χ0) is 13.0. The number of thioether (sulfide) groups is 1. The molecule has 1 unspecified atom stereocenters. The number of hydrogen-bond donors (Lipinski definition) is 1. The summed E-state index contributed by atoms with van der Waals surface area (Å²) in [6.45, 7) is 5.08. The zero-order valence-corrected chi connectivity index (χ0v) is 12.0. The fourth-order valence-corrected chi connectivity index (χ4v) is 3.02. The van der Waals surface area contributed by atoms with Gasteiger partial charge in [0.2, 0.25) is 0 Å². The Morgan fingerprint density at radius 2 is 2.33 bits per heavy atom. The molecule has 4 heteroatoms. The first-order valence-electron chi connectivity index (χ1n) is 6.24. The summed E-state index contributed by atoms with van der Waals surface area (Å²) in [5.41, 5.74) is 2.26. The predicted molar refractivity (Wildman–Crippen MR) is 79.3 cm³/mol. The minimum absolute atomic E-state index is 0.444. The van der Waals surface area contributed by atoms with Gasteiger partial charge in [-0.2, -0.15) is 0 Å². The summed E-state index contributed by atoms with van der Waals surface area (Å²) >= 11 is 1.80. The first-order chi connectivity index (χ1) is 8.69. The summed E-state index contributed by atoms with van der Waals surface area (Å²) in [5, 5.41) is 4.41. The molecular weight excluding hydrogens is 244 g/mol. The standard InChI is InChI=1S/C14H20N2OS/c1-10(2)13-9-18-14(16-13)15-12-6-4-5-11(7-12)8-17-3/h4-7,10,13H,8-9H2,1-3H3,(H,15,16). The summed E-state index contributed by atoms with van der Waals surface area (Å²) in [4.78, 5) is 4.70. The van der Waals surface area contributed by atoms with Crippen LogP contribution in [-0.4, -0.2) is 24.1 Å². The van der Waals surface area contributed by atoms with Gasteiger partial charge in [0, 0.05) is 18.6 Å². The van der Waals surface area contributed by atoms with Gasteiger partial charge in [0.15, 0.2) is 5.17 Å². The molecule has 0 fully saturated rings. The van der Waals surface area contributed by atoms with E-state index in [0.717, 1.165) is 16.6 Å². The lowest BCUT2D eigenvalue weighted by Gasteiger charge is -2.08. The van der Waals surface area contributed by atoms with Crippen molar-refractivity contribution in [3.8, 4) is 0 Å². The molecule has 0 aromatic heterocycles. The minimum Gasteiger partial charge on any atom is -0.380 e. The van der Waals surface area contributed by atoms with Gasteiger partial charge in [0.05, 0.1) is 12.6 Å². The average Bonchev–Trinajstić information content (AvgIpc) is 2.78. The Morgan fingerprint density at radius 3 is 3.00 bits per heavy atom. The highest BCUT2D eigenvalue weighted by atomic mass is 32.2. The molecule has 2 rings (SSSR count). The molecule has 0 amide bonds. The molecule has 1 atom stereocenters. The quantitative estimate of drug-likeness (QED) is 0.905. The van der Waals surface area contributed by atoms with E-state index in [4.69, 9.17) is 9.73 Å². The number of amidine groups is 1. The van der Waals surface area contributed by atoms with E-state index in [2.05, 4.69) is 37.4 Å². The molecule has 0 radical (unpaired) electrons. The normalized spacial score (nSPS) is 19.1. The smallest absolute Gasteiger partial charge is 0.161 e. The number of nitrogens with zero attached hydrogens (tertiary/aromatic N) is 1. The lowest BCUT2D eigenvalue weighted by Crippen LogP contribution is -2.12. The number of ether oxygens (including phenoxy) is 1. The van der Waals surface area contributed by atoms with Gasteiger partial charge in [-0.05, 0) is 23.6 Å². The molecular formula is C14H20N2OS. The Labute approximate surface area is 113 Å². The molecule has 1 aromatic rings. The van der Waals surface area contributed by atoms with Crippen LogP contribution in [0, 0.1) is 5.92 Å². The van der Waals surface area contributed by atoms with E-state index in [1.54, 1.807) is 18.9 Å². The van der Waals surface area contributed by atoms with Crippen LogP contribution in [0.5, 0.6) is 0 Å². The van der Waals surface area contributed by atoms with Crippen molar-refractivity contribution in [2.75, 3.05) is 18.2 Å².